The van der Waals surface area contributed by atoms with Crippen LogP contribution in [0.3, 0.4) is 0 Å². The van der Waals surface area contributed by atoms with E-state index in [1.807, 2.05) is 6.07 Å². The van der Waals surface area contributed by atoms with E-state index < -0.39 is 12.1 Å². The highest BCUT2D eigenvalue weighted by Gasteiger charge is 2.09. The van der Waals surface area contributed by atoms with Crippen molar-refractivity contribution in [3.8, 4) is 0 Å². The van der Waals surface area contributed by atoms with E-state index in [0.717, 1.165) is 0 Å². The Kier molecular flexibility index (Phi) is 6.08. The number of ether oxygens (including phenoxy) is 2. The molecule has 0 heterocycles. The van der Waals surface area contributed by atoms with Crippen LogP contribution in [0.5, 0.6) is 0 Å². The standard InChI is InChI=1S/C13H16N2O4/c1-2-18-12(16)8-10(14)9-19-13(17)15-11-6-4-3-5-7-11/h3-7,14H,2,8-9H2,1H3,(H,15,17). The predicted octanol–water partition coefficient (Wildman–Crippen LogP) is 2.21. The van der Waals surface area contributed by atoms with Gasteiger partial charge in [-0.2, -0.15) is 0 Å². The average Bonchev–Trinajstić information content (AvgIpc) is 2.38. The Morgan fingerprint density at radius 1 is 1.21 bits per heavy atom. The molecular weight excluding hydrogens is 248 g/mol. The van der Waals surface area contributed by atoms with Crippen LogP contribution in [0.25, 0.3) is 0 Å². The first-order valence-corrected chi connectivity index (χ1v) is 5.82. The van der Waals surface area contributed by atoms with E-state index in [-0.39, 0.29) is 25.3 Å². The highest BCUT2D eigenvalue weighted by Crippen LogP contribution is 2.05. The largest absolute Gasteiger partial charge is 0.466 e. The molecule has 0 aliphatic rings. The molecule has 0 spiro atoms. The van der Waals surface area contributed by atoms with Crippen molar-refractivity contribution in [2.75, 3.05) is 18.5 Å². The minimum atomic E-state index is -0.667. The second-order valence-electron chi connectivity index (χ2n) is 3.65. The third kappa shape index (κ3) is 6.21. The number of benzene rings is 1. The predicted molar refractivity (Wildman–Crippen MR) is 70.4 cm³/mol. The molecule has 1 aromatic rings. The zero-order chi connectivity index (χ0) is 14.1. The summed E-state index contributed by atoms with van der Waals surface area (Å²) in [4.78, 5) is 22.5. The van der Waals surface area contributed by atoms with E-state index in [9.17, 15) is 9.59 Å². The molecule has 1 amide bonds. The molecule has 0 unspecified atom stereocenters. The van der Waals surface area contributed by atoms with Crippen molar-refractivity contribution in [2.24, 2.45) is 0 Å². The van der Waals surface area contributed by atoms with Crippen molar-refractivity contribution in [2.45, 2.75) is 13.3 Å². The second kappa shape index (κ2) is 7.86. The van der Waals surface area contributed by atoms with Gasteiger partial charge in [-0.25, -0.2) is 4.79 Å². The van der Waals surface area contributed by atoms with Crippen molar-refractivity contribution >= 4 is 23.5 Å². The van der Waals surface area contributed by atoms with Crippen molar-refractivity contribution in [1.29, 1.82) is 5.41 Å². The van der Waals surface area contributed by atoms with Crippen molar-refractivity contribution in [3.63, 3.8) is 0 Å². The fourth-order valence-corrected chi connectivity index (χ4v) is 1.27. The van der Waals surface area contributed by atoms with Gasteiger partial charge in [0, 0.05) is 5.69 Å². The summed E-state index contributed by atoms with van der Waals surface area (Å²) in [6.07, 6.45) is -0.841. The maximum atomic E-state index is 11.4. The van der Waals surface area contributed by atoms with Crippen LogP contribution < -0.4 is 5.32 Å². The number of carbonyl (C=O) groups is 2. The van der Waals surface area contributed by atoms with Crippen LogP contribution in [0.1, 0.15) is 13.3 Å². The zero-order valence-electron chi connectivity index (χ0n) is 10.6. The molecule has 1 aromatic carbocycles. The van der Waals surface area contributed by atoms with E-state index in [0.29, 0.717) is 5.69 Å². The lowest BCUT2D eigenvalue weighted by atomic mass is 10.3. The van der Waals surface area contributed by atoms with Crippen LogP contribution in [0, 0.1) is 5.41 Å². The van der Waals surface area contributed by atoms with E-state index in [1.165, 1.54) is 0 Å². The number of nitrogens with one attached hydrogen (secondary N) is 2. The fraction of sp³-hybridized carbons (Fsp3) is 0.308. The summed E-state index contributed by atoms with van der Waals surface area (Å²) in [7, 11) is 0. The molecule has 0 atom stereocenters. The topological polar surface area (TPSA) is 88.5 Å². The van der Waals surface area contributed by atoms with E-state index >= 15 is 0 Å². The molecular formula is C13H16N2O4. The molecule has 1 rings (SSSR count). The van der Waals surface area contributed by atoms with Gasteiger partial charge in [-0.15, -0.1) is 0 Å². The Morgan fingerprint density at radius 2 is 1.89 bits per heavy atom. The summed E-state index contributed by atoms with van der Waals surface area (Å²) in [6.45, 7) is 1.71. The summed E-state index contributed by atoms with van der Waals surface area (Å²) in [5.74, 6) is -0.500. The Bertz CT molecular complexity index is 445. The Morgan fingerprint density at radius 3 is 2.53 bits per heavy atom. The minimum Gasteiger partial charge on any atom is -0.466 e. The van der Waals surface area contributed by atoms with E-state index in [1.54, 1.807) is 31.2 Å². The number of amides is 1. The van der Waals surface area contributed by atoms with Crippen LogP contribution in [-0.2, 0) is 14.3 Å². The Balaban J connectivity index is 2.27. The molecule has 6 heteroatoms. The third-order valence-corrected chi connectivity index (χ3v) is 2.06. The summed E-state index contributed by atoms with van der Waals surface area (Å²) in [5.41, 5.74) is 0.589. The number of carbonyl (C=O) groups excluding carboxylic acids is 2. The van der Waals surface area contributed by atoms with Gasteiger partial charge < -0.3 is 14.9 Å². The van der Waals surface area contributed by atoms with Crippen LogP contribution in [0.2, 0.25) is 0 Å². The van der Waals surface area contributed by atoms with Crippen LogP contribution in [0.4, 0.5) is 10.5 Å². The molecule has 6 nitrogen and oxygen atoms in total. The van der Waals surface area contributed by atoms with Crippen molar-refractivity contribution < 1.29 is 19.1 Å². The smallest absolute Gasteiger partial charge is 0.411 e. The summed E-state index contributed by atoms with van der Waals surface area (Å²) in [5, 5.41) is 9.97. The fourth-order valence-electron chi connectivity index (χ4n) is 1.27. The average molecular weight is 264 g/mol. The summed E-state index contributed by atoms with van der Waals surface area (Å²) in [6, 6.07) is 8.80. The van der Waals surface area contributed by atoms with Gasteiger partial charge in [-0.3, -0.25) is 10.1 Å². The van der Waals surface area contributed by atoms with Crippen LogP contribution in [-0.4, -0.2) is 31.0 Å². The monoisotopic (exact) mass is 264 g/mol. The number of para-hydroxylation sites is 1. The first-order chi connectivity index (χ1) is 9.11. The van der Waals surface area contributed by atoms with Crippen molar-refractivity contribution in [3.05, 3.63) is 30.3 Å². The van der Waals surface area contributed by atoms with Gasteiger partial charge in [0.05, 0.1) is 18.7 Å². The molecule has 19 heavy (non-hydrogen) atoms. The SMILES string of the molecule is CCOC(=O)CC(=N)COC(=O)Nc1ccccc1. The Hall–Kier alpha value is -2.37. The van der Waals surface area contributed by atoms with Gasteiger partial charge in [0.15, 0.2) is 0 Å². The van der Waals surface area contributed by atoms with Gasteiger partial charge >= 0.3 is 12.1 Å². The highest BCUT2D eigenvalue weighted by atomic mass is 16.5. The number of anilines is 1. The second-order valence-corrected chi connectivity index (χ2v) is 3.65. The maximum absolute atomic E-state index is 11.4. The minimum absolute atomic E-state index is 0.0124. The quantitative estimate of drug-likeness (QED) is 0.609. The molecule has 0 aromatic heterocycles. The van der Waals surface area contributed by atoms with Crippen molar-refractivity contribution in [1.82, 2.24) is 0 Å². The number of hydrogen-bond donors (Lipinski definition) is 2. The van der Waals surface area contributed by atoms with Gasteiger partial charge in [-0.05, 0) is 19.1 Å². The highest BCUT2D eigenvalue weighted by molar-refractivity contribution is 5.99. The first-order valence-electron chi connectivity index (χ1n) is 5.82. The van der Waals surface area contributed by atoms with Crippen LogP contribution in [0.15, 0.2) is 30.3 Å². The number of hydrogen-bond acceptors (Lipinski definition) is 5. The van der Waals surface area contributed by atoms with E-state index in [2.05, 4.69) is 10.1 Å². The molecule has 0 saturated carbocycles. The van der Waals surface area contributed by atoms with Gasteiger partial charge in [-0.1, -0.05) is 18.2 Å². The lowest BCUT2D eigenvalue weighted by Crippen LogP contribution is -2.20. The molecule has 0 saturated heterocycles. The summed E-state index contributed by atoms with van der Waals surface area (Å²) < 4.78 is 9.48. The normalized spacial score (nSPS) is 9.53. The Labute approximate surface area is 111 Å². The van der Waals surface area contributed by atoms with E-state index in [4.69, 9.17) is 10.1 Å². The molecule has 0 aliphatic heterocycles. The lowest BCUT2D eigenvalue weighted by molar-refractivity contribution is -0.141. The molecule has 0 fully saturated rings. The molecule has 0 bridgehead atoms. The molecule has 2 N–H and O–H groups in total. The molecule has 0 radical (unpaired) electrons. The molecule has 0 aliphatic carbocycles. The van der Waals surface area contributed by atoms with Gasteiger partial charge in [0.1, 0.15) is 6.61 Å². The van der Waals surface area contributed by atoms with Gasteiger partial charge in [0.25, 0.3) is 0 Å². The van der Waals surface area contributed by atoms with Gasteiger partial charge in [0.2, 0.25) is 0 Å². The first kappa shape index (κ1) is 14.7. The summed E-state index contributed by atoms with van der Waals surface area (Å²) >= 11 is 0. The number of rotatable bonds is 6. The lowest BCUT2D eigenvalue weighted by Gasteiger charge is -2.07. The molecule has 102 valence electrons. The maximum Gasteiger partial charge on any atom is 0.411 e. The zero-order valence-corrected chi connectivity index (χ0v) is 10.6. The third-order valence-electron chi connectivity index (χ3n) is 2.06. The number of esters is 1. The van der Waals surface area contributed by atoms with Crippen LogP contribution >= 0.6 is 0 Å².